The Kier molecular flexibility index (Phi) is 13.4. The predicted octanol–water partition coefficient (Wildman–Crippen LogP) is 1.32. The molecule has 0 aliphatic heterocycles. The fourth-order valence-corrected chi connectivity index (χ4v) is 1.25. The lowest BCUT2D eigenvalue weighted by Crippen LogP contribution is -2.24. The van der Waals surface area contributed by atoms with Gasteiger partial charge in [0, 0.05) is 12.2 Å². The quantitative estimate of drug-likeness (QED) is 0.296. The summed E-state index contributed by atoms with van der Waals surface area (Å²) in [6.45, 7) is 9.81. The lowest BCUT2D eigenvalue weighted by Gasteiger charge is -2.12. The second-order valence-electron chi connectivity index (χ2n) is 4.69. The molecule has 6 nitrogen and oxygen atoms in total. The maximum atomic E-state index is 11.1. The van der Waals surface area contributed by atoms with E-state index in [1.165, 1.54) is 0 Å². The van der Waals surface area contributed by atoms with Gasteiger partial charge in [0.1, 0.15) is 12.7 Å². The summed E-state index contributed by atoms with van der Waals surface area (Å²) in [5.41, 5.74) is 0.303. The van der Waals surface area contributed by atoms with Gasteiger partial charge in [0.25, 0.3) is 0 Å². The number of rotatable bonds is 14. The molecular weight excluding hydrogens is 276 g/mol. The largest absolute Gasteiger partial charge is 0.460 e. The minimum Gasteiger partial charge on any atom is -0.460 e. The summed E-state index contributed by atoms with van der Waals surface area (Å²) >= 11 is 0. The molecule has 124 valence electrons. The lowest BCUT2D eigenvalue weighted by molar-refractivity contribution is -0.143. The monoisotopic (exact) mass is 304 g/mol. The van der Waals surface area contributed by atoms with Crippen LogP contribution in [0.3, 0.4) is 0 Å². The molecule has 1 unspecified atom stereocenters. The van der Waals surface area contributed by atoms with Crippen LogP contribution in [0.15, 0.2) is 12.2 Å². The first kappa shape index (κ1) is 20.1. The predicted molar refractivity (Wildman–Crippen MR) is 79.1 cm³/mol. The van der Waals surface area contributed by atoms with Gasteiger partial charge in [-0.2, -0.15) is 0 Å². The normalized spacial score (nSPS) is 12.1. The van der Waals surface area contributed by atoms with Gasteiger partial charge in [-0.3, -0.25) is 0 Å². The molecule has 0 aromatic carbocycles. The number of hydrogen-bond acceptors (Lipinski definition) is 6. The summed E-state index contributed by atoms with van der Waals surface area (Å²) in [4.78, 5) is 11.1. The minimum absolute atomic E-state index is 0.0971. The van der Waals surface area contributed by atoms with Crippen molar-refractivity contribution in [1.29, 1.82) is 0 Å². The van der Waals surface area contributed by atoms with Gasteiger partial charge in [-0.05, 0) is 13.3 Å². The lowest BCUT2D eigenvalue weighted by atomic mass is 10.3. The molecule has 1 atom stereocenters. The molecule has 0 amide bonds. The van der Waals surface area contributed by atoms with Gasteiger partial charge in [0.05, 0.1) is 33.0 Å². The number of carbonyl (C=O) groups excluding carboxylic acids is 1. The van der Waals surface area contributed by atoms with Crippen molar-refractivity contribution in [2.45, 2.75) is 32.8 Å². The van der Waals surface area contributed by atoms with Crippen molar-refractivity contribution in [3.63, 3.8) is 0 Å². The van der Waals surface area contributed by atoms with Gasteiger partial charge in [-0.1, -0.05) is 19.9 Å². The third kappa shape index (κ3) is 13.8. The number of aliphatic hydroxyl groups excluding tert-OH is 1. The highest BCUT2D eigenvalue weighted by molar-refractivity contribution is 5.86. The van der Waals surface area contributed by atoms with E-state index in [4.69, 9.17) is 18.9 Å². The molecule has 0 aliphatic carbocycles. The van der Waals surface area contributed by atoms with Crippen LogP contribution in [-0.2, 0) is 23.7 Å². The fraction of sp³-hybridized carbons (Fsp3) is 0.800. The van der Waals surface area contributed by atoms with Gasteiger partial charge in [0.15, 0.2) is 0 Å². The van der Waals surface area contributed by atoms with Crippen LogP contribution in [0.1, 0.15) is 26.7 Å². The highest BCUT2D eigenvalue weighted by Gasteiger charge is 2.09. The first-order chi connectivity index (χ1) is 10.1. The first-order valence-electron chi connectivity index (χ1n) is 7.31. The van der Waals surface area contributed by atoms with Crippen molar-refractivity contribution in [3.05, 3.63) is 12.2 Å². The summed E-state index contributed by atoms with van der Waals surface area (Å²) in [6, 6.07) is 0. The number of ether oxygens (including phenoxy) is 4. The number of hydrogen-bond donors (Lipinski definition) is 1. The van der Waals surface area contributed by atoms with E-state index >= 15 is 0 Å². The molecule has 0 spiro atoms. The second kappa shape index (κ2) is 14.0. The molecule has 0 aromatic heterocycles. The van der Waals surface area contributed by atoms with Gasteiger partial charge in [0.2, 0.25) is 0 Å². The van der Waals surface area contributed by atoms with E-state index in [2.05, 4.69) is 13.5 Å². The number of aliphatic hydroxyl groups is 1. The van der Waals surface area contributed by atoms with E-state index in [0.29, 0.717) is 32.0 Å². The van der Waals surface area contributed by atoms with Crippen LogP contribution >= 0.6 is 0 Å². The summed E-state index contributed by atoms with van der Waals surface area (Å²) in [7, 11) is 0. The molecular formula is C15H28O6. The van der Waals surface area contributed by atoms with Gasteiger partial charge in [-0.15, -0.1) is 0 Å². The zero-order chi connectivity index (χ0) is 15.9. The van der Waals surface area contributed by atoms with Crippen LogP contribution in [0, 0.1) is 0 Å². The van der Waals surface area contributed by atoms with Crippen molar-refractivity contribution in [2.24, 2.45) is 0 Å². The van der Waals surface area contributed by atoms with E-state index in [9.17, 15) is 9.90 Å². The molecule has 0 heterocycles. The molecule has 0 saturated heterocycles. The molecule has 0 bridgehead atoms. The molecule has 0 saturated carbocycles. The summed E-state index contributed by atoms with van der Waals surface area (Å²) < 4.78 is 20.6. The smallest absolute Gasteiger partial charge is 0.333 e. The average molecular weight is 304 g/mol. The van der Waals surface area contributed by atoms with E-state index in [-0.39, 0.29) is 13.2 Å². The van der Waals surface area contributed by atoms with Gasteiger partial charge >= 0.3 is 5.97 Å². The Morgan fingerprint density at radius 3 is 2.19 bits per heavy atom. The van der Waals surface area contributed by atoms with E-state index in [1.54, 1.807) is 6.92 Å². The first-order valence-corrected chi connectivity index (χ1v) is 7.31. The zero-order valence-corrected chi connectivity index (χ0v) is 13.1. The minimum atomic E-state index is -0.842. The van der Waals surface area contributed by atoms with E-state index in [0.717, 1.165) is 19.4 Å². The molecule has 0 fully saturated rings. The molecule has 0 radical (unpaired) electrons. The van der Waals surface area contributed by atoms with Crippen molar-refractivity contribution >= 4 is 5.97 Å². The van der Waals surface area contributed by atoms with Gasteiger partial charge in [-0.25, -0.2) is 4.79 Å². The highest BCUT2D eigenvalue weighted by Crippen LogP contribution is 1.95. The Labute approximate surface area is 127 Å². The summed E-state index contributed by atoms with van der Waals surface area (Å²) in [5.74, 6) is -0.513. The summed E-state index contributed by atoms with van der Waals surface area (Å²) in [5, 5.41) is 9.51. The number of carbonyl (C=O) groups is 1. The SMILES string of the molecule is C=C(C)C(=O)OCC(O)COCCOCCOCCCC. The third-order valence-corrected chi connectivity index (χ3v) is 2.45. The van der Waals surface area contributed by atoms with Crippen LogP contribution in [-0.4, -0.2) is 63.4 Å². The molecule has 0 aliphatic rings. The zero-order valence-electron chi connectivity index (χ0n) is 13.1. The van der Waals surface area contributed by atoms with Crippen molar-refractivity contribution in [3.8, 4) is 0 Å². The van der Waals surface area contributed by atoms with E-state index < -0.39 is 12.1 Å². The average Bonchev–Trinajstić information content (AvgIpc) is 2.46. The summed E-state index contributed by atoms with van der Waals surface area (Å²) in [6.07, 6.45) is 1.35. The molecule has 1 N–H and O–H groups in total. The Morgan fingerprint density at radius 1 is 1.05 bits per heavy atom. The Hall–Kier alpha value is -0.950. The molecule has 0 rings (SSSR count). The Morgan fingerprint density at radius 2 is 1.62 bits per heavy atom. The van der Waals surface area contributed by atoms with Crippen LogP contribution in [0.4, 0.5) is 0 Å². The van der Waals surface area contributed by atoms with Crippen molar-refractivity contribution in [1.82, 2.24) is 0 Å². The second-order valence-corrected chi connectivity index (χ2v) is 4.69. The molecule has 6 heteroatoms. The third-order valence-electron chi connectivity index (χ3n) is 2.45. The van der Waals surface area contributed by atoms with Crippen molar-refractivity contribution in [2.75, 3.05) is 46.2 Å². The maximum absolute atomic E-state index is 11.1. The molecule has 21 heavy (non-hydrogen) atoms. The van der Waals surface area contributed by atoms with Crippen LogP contribution < -0.4 is 0 Å². The van der Waals surface area contributed by atoms with Crippen molar-refractivity contribution < 1.29 is 28.8 Å². The maximum Gasteiger partial charge on any atom is 0.333 e. The van der Waals surface area contributed by atoms with Gasteiger partial charge < -0.3 is 24.1 Å². The molecule has 0 aromatic rings. The topological polar surface area (TPSA) is 74.2 Å². The van der Waals surface area contributed by atoms with Crippen LogP contribution in [0.5, 0.6) is 0 Å². The number of esters is 1. The standard InChI is InChI=1S/C15H28O6/c1-4-5-6-18-7-8-19-9-10-20-11-14(16)12-21-15(17)13(2)3/h14,16H,2,4-12H2,1,3H3. The Bertz CT molecular complexity index is 279. The highest BCUT2D eigenvalue weighted by atomic mass is 16.6. The van der Waals surface area contributed by atoms with E-state index in [1.807, 2.05) is 0 Å². The Balaban J connectivity index is 3.27. The number of unbranched alkanes of at least 4 members (excludes halogenated alkanes) is 1. The fourth-order valence-electron chi connectivity index (χ4n) is 1.25. The van der Waals surface area contributed by atoms with Crippen LogP contribution in [0.2, 0.25) is 0 Å². The van der Waals surface area contributed by atoms with Crippen LogP contribution in [0.25, 0.3) is 0 Å².